The number of pyridine rings is 1. The lowest BCUT2D eigenvalue weighted by atomic mass is 10.0. The van der Waals surface area contributed by atoms with E-state index in [1.165, 1.54) is 9.40 Å². The van der Waals surface area contributed by atoms with Gasteiger partial charge < -0.3 is 9.32 Å². The fourth-order valence-electron chi connectivity index (χ4n) is 6.51. The fraction of sp³-hybridized carbons (Fsp3) is 0. The van der Waals surface area contributed by atoms with Gasteiger partial charge in [0.15, 0.2) is 0 Å². The minimum atomic E-state index is 0.654. The van der Waals surface area contributed by atoms with Crippen LogP contribution in [0.15, 0.2) is 162 Å². The number of fused-ring (bicyclic) bond motifs is 5. The third-order valence-electron chi connectivity index (χ3n) is 9.03. The maximum atomic E-state index is 5.97. The first kappa shape index (κ1) is 28.8. The van der Waals surface area contributed by atoms with Crippen LogP contribution in [0.3, 0.4) is 0 Å². The summed E-state index contributed by atoms with van der Waals surface area (Å²) in [6, 6.07) is 52.9. The maximum Gasteiger partial charge on any atom is 0.227 e. The van der Waals surface area contributed by atoms with Crippen molar-refractivity contribution in [2.24, 2.45) is 0 Å². The number of benzene rings is 6. The average molecular weight is 679 g/mol. The molecule has 0 saturated carbocycles. The van der Waals surface area contributed by atoms with Crippen molar-refractivity contribution in [2.75, 3.05) is 4.90 Å². The van der Waals surface area contributed by atoms with Crippen molar-refractivity contribution < 1.29 is 4.42 Å². The normalized spacial score (nSPS) is 11.6. The lowest BCUT2D eigenvalue weighted by Crippen LogP contribution is -2.09. The van der Waals surface area contributed by atoms with E-state index in [2.05, 4.69) is 131 Å². The number of furan rings is 1. The molecule has 6 aromatic carbocycles. The number of aromatic nitrogens is 3. The van der Waals surface area contributed by atoms with Crippen molar-refractivity contribution in [3.05, 3.63) is 158 Å². The number of hydrogen-bond donors (Lipinski definition) is 0. The highest BCUT2D eigenvalue weighted by molar-refractivity contribution is 7.22. The summed E-state index contributed by atoms with van der Waals surface area (Å²) in [4.78, 5) is 16.7. The third kappa shape index (κ3) is 5.03. The van der Waals surface area contributed by atoms with Crippen molar-refractivity contribution >= 4 is 82.2 Å². The molecule has 0 amide bonds. The van der Waals surface area contributed by atoms with Gasteiger partial charge in [-0.3, -0.25) is 0 Å². The van der Waals surface area contributed by atoms with Gasteiger partial charge >= 0.3 is 0 Å². The third-order valence-corrected chi connectivity index (χ3v) is 11.2. The Hall–Kier alpha value is -6.15. The smallest absolute Gasteiger partial charge is 0.227 e. The summed E-state index contributed by atoms with van der Waals surface area (Å²) in [6.07, 6.45) is 1.89. The van der Waals surface area contributed by atoms with Crippen LogP contribution in [0.2, 0.25) is 0 Å². The molecule has 0 spiro atoms. The summed E-state index contributed by atoms with van der Waals surface area (Å²) in [6.45, 7) is 0. The van der Waals surface area contributed by atoms with Gasteiger partial charge in [-0.1, -0.05) is 54.6 Å². The Labute approximate surface area is 295 Å². The van der Waals surface area contributed by atoms with Crippen LogP contribution in [0, 0.1) is 0 Å². The Morgan fingerprint density at radius 2 is 0.960 bits per heavy atom. The van der Waals surface area contributed by atoms with E-state index >= 15 is 0 Å². The van der Waals surface area contributed by atoms with E-state index in [1.807, 2.05) is 36.5 Å². The lowest BCUT2D eigenvalue weighted by Gasteiger charge is -2.26. The predicted molar refractivity (Wildman–Crippen MR) is 209 cm³/mol. The van der Waals surface area contributed by atoms with Crippen LogP contribution in [-0.2, 0) is 0 Å². The van der Waals surface area contributed by atoms with E-state index in [-0.39, 0.29) is 0 Å². The molecule has 7 heteroatoms. The van der Waals surface area contributed by atoms with Crippen LogP contribution in [0.25, 0.3) is 74.8 Å². The highest BCUT2D eigenvalue weighted by Gasteiger charge is 2.16. The molecule has 0 N–H and O–H groups in total. The second kappa shape index (κ2) is 11.8. The van der Waals surface area contributed by atoms with Gasteiger partial charge in [-0.05, 0) is 103 Å². The Morgan fingerprint density at radius 3 is 1.52 bits per heavy atom. The molecule has 4 heterocycles. The van der Waals surface area contributed by atoms with Gasteiger partial charge in [0, 0.05) is 50.7 Å². The number of para-hydroxylation sites is 3. The van der Waals surface area contributed by atoms with Gasteiger partial charge in [0.1, 0.15) is 15.6 Å². The highest BCUT2D eigenvalue weighted by Crippen LogP contribution is 2.40. The quantitative estimate of drug-likeness (QED) is 0.175. The summed E-state index contributed by atoms with van der Waals surface area (Å²) in [5.41, 5.74) is 11.1. The van der Waals surface area contributed by atoms with Crippen LogP contribution in [0.1, 0.15) is 0 Å². The van der Waals surface area contributed by atoms with E-state index < -0.39 is 0 Å². The van der Waals surface area contributed by atoms with Gasteiger partial charge in [0.2, 0.25) is 5.71 Å². The monoisotopic (exact) mass is 678 g/mol. The summed E-state index contributed by atoms with van der Waals surface area (Å²) >= 11 is 3.44. The number of nitrogens with zero attached hydrogens (tertiary/aromatic N) is 4. The zero-order valence-electron chi connectivity index (χ0n) is 26.5. The molecule has 0 radical (unpaired) electrons. The minimum absolute atomic E-state index is 0.654. The molecule has 236 valence electrons. The standard InChI is InChI=1S/C43H26N4OS2/c1-4-10-38-34(7-1)35-25-30(26-44-41(35)48-38)27-13-19-31(20-14-27)47(32-21-15-28(16-22-32)42-45-36-8-2-5-11-39(36)49-42)33-23-17-29(18-24-33)43-46-37-9-3-6-12-40(37)50-43/h1-26H. The molecule has 10 aromatic rings. The molecule has 0 saturated heterocycles. The van der Waals surface area contributed by atoms with Crippen LogP contribution < -0.4 is 4.90 Å². The highest BCUT2D eigenvalue weighted by atomic mass is 32.1. The lowest BCUT2D eigenvalue weighted by molar-refractivity contribution is 0.654. The van der Waals surface area contributed by atoms with Gasteiger partial charge in [-0.25, -0.2) is 15.0 Å². The van der Waals surface area contributed by atoms with Gasteiger partial charge in [-0.15, -0.1) is 22.7 Å². The van der Waals surface area contributed by atoms with E-state index in [1.54, 1.807) is 22.7 Å². The fourth-order valence-corrected chi connectivity index (χ4v) is 8.46. The summed E-state index contributed by atoms with van der Waals surface area (Å²) in [5, 5.41) is 4.13. The Morgan fingerprint density at radius 1 is 0.460 bits per heavy atom. The molecule has 50 heavy (non-hydrogen) atoms. The number of anilines is 3. The average Bonchev–Trinajstić information content (AvgIpc) is 3.91. The van der Waals surface area contributed by atoms with E-state index in [0.717, 1.165) is 76.7 Å². The van der Waals surface area contributed by atoms with Crippen LogP contribution >= 0.6 is 22.7 Å². The Kier molecular flexibility index (Phi) is 6.79. The predicted octanol–water partition coefficient (Wildman–Crippen LogP) is 12.7. The molecule has 4 aromatic heterocycles. The SMILES string of the molecule is c1ccc2sc(-c3ccc(N(c4ccc(-c5cnc6oc7ccccc7c6c5)cc4)c4ccc(-c5nc6ccccc6s5)cc4)cc3)nc2c1. The molecule has 0 aliphatic heterocycles. The zero-order chi connectivity index (χ0) is 33.0. The van der Waals surface area contributed by atoms with Crippen molar-refractivity contribution in [3.63, 3.8) is 0 Å². The maximum absolute atomic E-state index is 5.97. The number of rotatable bonds is 6. The van der Waals surface area contributed by atoms with Crippen molar-refractivity contribution in [3.8, 4) is 32.3 Å². The van der Waals surface area contributed by atoms with Gasteiger partial charge in [-0.2, -0.15) is 0 Å². The van der Waals surface area contributed by atoms with Crippen LogP contribution in [0.4, 0.5) is 17.1 Å². The molecule has 0 bridgehead atoms. The molecule has 0 fully saturated rings. The zero-order valence-corrected chi connectivity index (χ0v) is 28.2. The molecule has 5 nitrogen and oxygen atoms in total. The number of hydrogen-bond acceptors (Lipinski definition) is 7. The summed E-state index contributed by atoms with van der Waals surface area (Å²) in [7, 11) is 0. The second-order valence-electron chi connectivity index (χ2n) is 12.1. The minimum Gasteiger partial charge on any atom is -0.438 e. The summed E-state index contributed by atoms with van der Waals surface area (Å²) in [5.74, 6) is 0. The Balaban J connectivity index is 1.03. The molecule has 0 aliphatic carbocycles. The first-order valence-electron chi connectivity index (χ1n) is 16.3. The van der Waals surface area contributed by atoms with E-state index in [0.29, 0.717) is 5.71 Å². The second-order valence-corrected chi connectivity index (χ2v) is 14.2. The molecule has 0 aliphatic rings. The number of thiazole rings is 2. The first-order valence-corrected chi connectivity index (χ1v) is 18.0. The van der Waals surface area contributed by atoms with Crippen LogP contribution in [0.5, 0.6) is 0 Å². The van der Waals surface area contributed by atoms with Gasteiger partial charge in [0.25, 0.3) is 0 Å². The molecule has 10 rings (SSSR count). The van der Waals surface area contributed by atoms with Gasteiger partial charge in [0.05, 0.1) is 20.4 Å². The van der Waals surface area contributed by atoms with Crippen LogP contribution in [-0.4, -0.2) is 15.0 Å². The molecule has 0 atom stereocenters. The molecular formula is C43H26N4OS2. The largest absolute Gasteiger partial charge is 0.438 e. The summed E-state index contributed by atoms with van der Waals surface area (Å²) < 4.78 is 8.35. The molecular weight excluding hydrogens is 653 g/mol. The van der Waals surface area contributed by atoms with E-state index in [4.69, 9.17) is 14.4 Å². The van der Waals surface area contributed by atoms with Crippen molar-refractivity contribution in [1.82, 2.24) is 15.0 Å². The first-order chi connectivity index (χ1) is 24.7. The van der Waals surface area contributed by atoms with E-state index in [9.17, 15) is 0 Å². The Bertz CT molecular complexity index is 2630. The van der Waals surface area contributed by atoms with Crippen molar-refractivity contribution in [2.45, 2.75) is 0 Å². The van der Waals surface area contributed by atoms with Crippen molar-refractivity contribution in [1.29, 1.82) is 0 Å². The topological polar surface area (TPSA) is 55.1 Å². The molecule has 0 unspecified atom stereocenters.